The number of carbonyl (C=O) groups is 1. The van der Waals surface area contributed by atoms with Gasteiger partial charge in [0.25, 0.3) is 0 Å². The first-order valence-corrected chi connectivity index (χ1v) is 19.7. The van der Waals surface area contributed by atoms with E-state index in [9.17, 15) is 9.90 Å². The third-order valence-corrected chi connectivity index (χ3v) is 7.67. The van der Waals surface area contributed by atoms with Crippen LogP contribution in [-0.4, -0.2) is 69.4 Å². The maximum atomic E-state index is 11.2. The van der Waals surface area contributed by atoms with Crippen molar-refractivity contribution in [1.82, 2.24) is 0 Å². The third kappa shape index (κ3) is 20.7. The van der Waals surface area contributed by atoms with Crippen LogP contribution in [0.15, 0.2) is 12.2 Å². The summed E-state index contributed by atoms with van der Waals surface area (Å²) in [5.74, 6) is -0.440. The lowest BCUT2D eigenvalue weighted by atomic mass is 10.3. The van der Waals surface area contributed by atoms with Gasteiger partial charge in [0.15, 0.2) is 16.6 Å². The average Bonchev–Trinajstić information content (AvgIpc) is 2.55. The normalized spacial score (nSPS) is 14.4. The molecule has 0 spiro atoms. The molecule has 0 bridgehead atoms. The quantitative estimate of drug-likeness (QED) is 0.116. The molecule has 0 saturated heterocycles. The fraction of sp³-hybridized carbons (Fsp3) is 0.850. The van der Waals surface area contributed by atoms with E-state index in [4.69, 9.17) is 18.3 Å². The molecule has 1 unspecified atom stereocenters. The molecule has 0 aromatic heterocycles. The van der Waals surface area contributed by atoms with E-state index < -0.39 is 28.7 Å². The number of aliphatic hydroxyl groups excluding tert-OH is 1. The molecule has 0 aromatic rings. The van der Waals surface area contributed by atoms with Crippen LogP contribution in [-0.2, 0) is 23.1 Å². The predicted molar refractivity (Wildman–Crippen MR) is 127 cm³/mol. The van der Waals surface area contributed by atoms with Crippen LogP contribution < -0.4 is 0 Å². The Bertz CT molecular complexity index is 444. The van der Waals surface area contributed by atoms with Gasteiger partial charge in [0, 0.05) is 22.2 Å². The van der Waals surface area contributed by atoms with Gasteiger partial charge >= 0.3 is 5.97 Å². The maximum Gasteiger partial charge on any atom is 0.330 e. The first-order valence-electron chi connectivity index (χ1n) is 10.8. The van der Waals surface area contributed by atoms with Crippen molar-refractivity contribution in [2.24, 2.45) is 0 Å². The van der Waals surface area contributed by atoms with Gasteiger partial charge in [0.2, 0.25) is 0 Å². The van der Waals surface area contributed by atoms with E-state index in [1.807, 2.05) is 0 Å². The van der Waals surface area contributed by atoms with E-state index >= 15 is 0 Å². The van der Waals surface area contributed by atoms with Gasteiger partial charge in [-0.2, -0.15) is 0 Å². The first kappa shape index (κ1) is 28.7. The summed E-state index contributed by atoms with van der Waals surface area (Å²) < 4.78 is 22.8. The van der Waals surface area contributed by atoms with Gasteiger partial charge in [-0.05, 0) is 59.0 Å². The number of rotatable bonds is 17. The molecule has 0 aromatic carbocycles. The van der Waals surface area contributed by atoms with Gasteiger partial charge < -0.3 is 23.4 Å². The number of hydrogen-bond donors (Lipinski definition) is 1. The largest absolute Gasteiger partial charge is 0.460 e. The molecular weight excluding hydrogens is 420 g/mol. The Labute approximate surface area is 182 Å². The molecule has 0 radical (unpaired) electrons. The molecule has 0 fully saturated rings. The Hall–Kier alpha value is -0.299. The minimum Gasteiger partial charge on any atom is -0.460 e. The summed E-state index contributed by atoms with van der Waals surface area (Å²) in [7, 11) is -3.29. The zero-order valence-electron chi connectivity index (χ0n) is 19.7. The summed E-state index contributed by atoms with van der Waals surface area (Å²) in [4.78, 5) is 11.2. The zero-order valence-corrected chi connectivity index (χ0v) is 23.1. The van der Waals surface area contributed by atoms with Gasteiger partial charge in [-0.1, -0.05) is 24.6 Å². The lowest BCUT2D eigenvalue weighted by Crippen LogP contribution is -2.39. The number of allylic oxidation sites excluding steroid dienone is 1. The van der Waals surface area contributed by atoms with Crippen molar-refractivity contribution < 1.29 is 28.2 Å². The van der Waals surface area contributed by atoms with Crippen LogP contribution in [0.3, 0.4) is 0 Å². The number of ether oxygens (including phenoxy) is 2. The third-order valence-electron chi connectivity index (χ3n) is 3.73. The van der Waals surface area contributed by atoms with E-state index in [1.54, 1.807) is 13.0 Å². The summed E-state index contributed by atoms with van der Waals surface area (Å²) in [6.45, 7) is 15.8. The second kappa shape index (κ2) is 15.5. The summed E-state index contributed by atoms with van der Waals surface area (Å²) in [5.41, 5.74) is 0. The van der Waals surface area contributed by atoms with Crippen LogP contribution in [0.2, 0.25) is 51.4 Å². The molecule has 9 heteroatoms. The van der Waals surface area contributed by atoms with Gasteiger partial charge in [0.05, 0.1) is 6.61 Å². The highest BCUT2D eigenvalue weighted by molar-refractivity contribution is 6.70. The van der Waals surface area contributed by atoms with E-state index in [0.717, 1.165) is 12.8 Å². The van der Waals surface area contributed by atoms with Crippen molar-refractivity contribution in [3.05, 3.63) is 12.2 Å². The average molecular weight is 465 g/mol. The van der Waals surface area contributed by atoms with Crippen LogP contribution in [0.4, 0.5) is 0 Å². The van der Waals surface area contributed by atoms with E-state index in [-0.39, 0.29) is 29.0 Å². The van der Waals surface area contributed by atoms with E-state index in [0.29, 0.717) is 6.61 Å². The molecule has 1 N–H and O–H groups in total. The second-order valence-corrected chi connectivity index (χ2v) is 20.3. The van der Waals surface area contributed by atoms with Crippen LogP contribution in [0.25, 0.3) is 0 Å². The Balaban J connectivity index is 3.75. The molecule has 0 amide bonds. The topological polar surface area (TPSA) is 74.2 Å². The predicted octanol–water partition coefficient (Wildman–Crippen LogP) is 3.69. The molecule has 0 saturated carbocycles. The monoisotopic (exact) mass is 464 g/mol. The number of aliphatic hydroxyl groups is 1. The molecular formula is C20H44O6Si3. The highest BCUT2D eigenvalue weighted by atomic mass is 28.4. The van der Waals surface area contributed by atoms with Crippen molar-refractivity contribution in [3.8, 4) is 0 Å². The summed E-state index contributed by atoms with van der Waals surface area (Å²) in [6.07, 6.45) is 5.32. The Morgan fingerprint density at radius 3 is 2.14 bits per heavy atom. The van der Waals surface area contributed by atoms with Gasteiger partial charge in [-0.3, -0.25) is 0 Å². The Morgan fingerprint density at radius 2 is 1.59 bits per heavy atom. The molecule has 6 nitrogen and oxygen atoms in total. The number of esters is 1. The summed E-state index contributed by atoms with van der Waals surface area (Å²) in [6, 6.07) is 2.53. The lowest BCUT2D eigenvalue weighted by molar-refractivity contribution is -0.141. The molecule has 0 rings (SSSR count). The second-order valence-electron chi connectivity index (χ2n) is 9.31. The Morgan fingerprint density at radius 1 is 1.00 bits per heavy atom. The zero-order chi connectivity index (χ0) is 22.3. The van der Waals surface area contributed by atoms with Gasteiger partial charge in [-0.25, -0.2) is 4.79 Å². The van der Waals surface area contributed by atoms with Crippen molar-refractivity contribution in [2.75, 3.05) is 19.8 Å². The minimum absolute atomic E-state index is 0.0297. The molecule has 29 heavy (non-hydrogen) atoms. The number of carbonyl (C=O) groups excluding carboxylic acids is 1. The van der Waals surface area contributed by atoms with Crippen LogP contribution in [0, 0.1) is 0 Å². The fourth-order valence-corrected chi connectivity index (χ4v) is 6.17. The minimum atomic E-state index is -1.60. The van der Waals surface area contributed by atoms with Gasteiger partial charge in [-0.15, -0.1) is 0 Å². The Kier molecular flexibility index (Phi) is 15.3. The molecule has 1 atom stereocenters. The van der Waals surface area contributed by atoms with Crippen LogP contribution >= 0.6 is 0 Å². The van der Waals surface area contributed by atoms with Crippen molar-refractivity contribution in [3.63, 3.8) is 0 Å². The molecule has 172 valence electrons. The van der Waals surface area contributed by atoms with Crippen molar-refractivity contribution in [2.45, 2.75) is 90.0 Å². The molecule has 0 heterocycles. The fourth-order valence-electron chi connectivity index (χ4n) is 2.61. The summed E-state index contributed by atoms with van der Waals surface area (Å²) >= 11 is 0. The van der Waals surface area contributed by atoms with E-state index in [2.05, 4.69) is 39.3 Å². The standard InChI is InChI=1S/C20H44O6Si3/c1-8-11-19(22)24-17-18(21)16-23-13-10-15-27-14-9-12-20(25-28(2,3)4)26-29(5,6)7/h8,11,18,20-21H,9-10,12-17,27H2,1-7H3. The van der Waals surface area contributed by atoms with Crippen LogP contribution in [0.5, 0.6) is 0 Å². The molecule has 0 aliphatic heterocycles. The van der Waals surface area contributed by atoms with Crippen molar-refractivity contribution in [1.29, 1.82) is 0 Å². The maximum absolute atomic E-state index is 11.2. The number of hydrogen-bond acceptors (Lipinski definition) is 6. The smallest absolute Gasteiger partial charge is 0.330 e. The van der Waals surface area contributed by atoms with Gasteiger partial charge in [0.1, 0.15) is 19.0 Å². The van der Waals surface area contributed by atoms with Crippen LogP contribution in [0.1, 0.15) is 26.2 Å². The lowest BCUT2D eigenvalue weighted by Gasteiger charge is -2.31. The highest BCUT2D eigenvalue weighted by Crippen LogP contribution is 2.18. The van der Waals surface area contributed by atoms with Crippen molar-refractivity contribution >= 4 is 32.1 Å². The summed E-state index contributed by atoms with van der Waals surface area (Å²) in [5, 5.41) is 9.72. The van der Waals surface area contributed by atoms with E-state index in [1.165, 1.54) is 24.6 Å². The molecule has 0 aliphatic carbocycles. The first-order chi connectivity index (χ1) is 13.4. The molecule has 0 aliphatic rings. The highest BCUT2D eigenvalue weighted by Gasteiger charge is 2.26. The SMILES string of the molecule is CC=CC(=O)OCC(O)COCCC[SiH2]CCCC(O[Si](C)(C)C)O[Si](C)(C)C.